The van der Waals surface area contributed by atoms with Crippen molar-refractivity contribution < 1.29 is 23.9 Å². The molecule has 1 N–H and O–H groups in total. The van der Waals surface area contributed by atoms with Crippen LogP contribution in [0.3, 0.4) is 0 Å². The van der Waals surface area contributed by atoms with Gasteiger partial charge < -0.3 is 14.8 Å². The van der Waals surface area contributed by atoms with Crippen LogP contribution in [0.4, 0.5) is 0 Å². The number of hydrogen-bond donors (Lipinski definition) is 1. The van der Waals surface area contributed by atoms with E-state index in [0.29, 0.717) is 6.61 Å². The van der Waals surface area contributed by atoms with Crippen molar-refractivity contribution in [2.45, 2.75) is 118 Å². The Hall–Kier alpha value is -1.59. The fraction of sp³-hybridized carbons (Fsp3) is 0.875. The van der Waals surface area contributed by atoms with Crippen molar-refractivity contribution in [2.24, 2.45) is 11.3 Å². The SMILES string of the molecule is CCCCCC(C)NC(=O)[C@H](CCC(=O)OC(C)(C)C)CC(=O)OCCC(C)(C)C. The third kappa shape index (κ3) is 16.2. The maximum Gasteiger partial charge on any atom is 0.306 e. The van der Waals surface area contributed by atoms with E-state index in [1.807, 2.05) is 6.92 Å². The zero-order valence-corrected chi connectivity index (χ0v) is 20.6. The second-order valence-electron chi connectivity index (χ2n) is 10.5. The maximum atomic E-state index is 12.8. The van der Waals surface area contributed by atoms with E-state index in [1.54, 1.807) is 20.8 Å². The summed E-state index contributed by atoms with van der Waals surface area (Å²) in [5.74, 6) is -1.57. The number of rotatable bonds is 13. The Bertz CT molecular complexity index is 531. The van der Waals surface area contributed by atoms with E-state index < -0.39 is 17.5 Å². The zero-order chi connectivity index (χ0) is 23.4. The molecular weight excluding hydrogens is 382 g/mol. The highest BCUT2D eigenvalue weighted by molar-refractivity contribution is 5.84. The molecule has 0 spiro atoms. The molecule has 0 heterocycles. The lowest BCUT2D eigenvalue weighted by atomic mass is 9.93. The molecule has 1 unspecified atom stereocenters. The summed E-state index contributed by atoms with van der Waals surface area (Å²) in [4.78, 5) is 37.2. The molecule has 0 bridgehead atoms. The highest BCUT2D eigenvalue weighted by Gasteiger charge is 2.26. The number of esters is 2. The van der Waals surface area contributed by atoms with Crippen molar-refractivity contribution in [3.8, 4) is 0 Å². The van der Waals surface area contributed by atoms with Gasteiger partial charge in [-0.3, -0.25) is 14.4 Å². The van der Waals surface area contributed by atoms with Crippen LogP contribution in [-0.4, -0.2) is 36.1 Å². The first-order chi connectivity index (χ1) is 13.7. The van der Waals surface area contributed by atoms with Crippen LogP contribution in [0.2, 0.25) is 0 Å². The topological polar surface area (TPSA) is 81.7 Å². The van der Waals surface area contributed by atoms with Gasteiger partial charge in [-0.2, -0.15) is 0 Å². The third-order valence-electron chi connectivity index (χ3n) is 4.65. The molecule has 2 atom stereocenters. The molecule has 30 heavy (non-hydrogen) atoms. The van der Waals surface area contributed by atoms with E-state index in [-0.39, 0.29) is 42.6 Å². The summed E-state index contributed by atoms with van der Waals surface area (Å²) < 4.78 is 10.7. The summed E-state index contributed by atoms with van der Waals surface area (Å²) in [6, 6.07) is 0.0324. The van der Waals surface area contributed by atoms with Crippen molar-refractivity contribution in [1.29, 1.82) is 0 Å². The minimum absolute atomic E-state index is 0.0273. The quantitative estimate of drug-likeness (QED) is 0.323. The van der Waals surface area contributed by atoms with Crippen LogP contribution in [0.1, 0.15) is 107 Å². The predicted molar refractivity (Wildman–Crippen MR) is 120 cm³/mol. The van der Waals surface area contributed by atoms with Crippen LogP contribution >= 0.6 is 0 Å². The Morgan fingerprint density at radius 2 is 1.57 bits per heavy atom. The first-order valence-corrected chi connectivity index (χ1v) is 11.4. The fourth-order valence-corrected chi connectivity index (χ4v) is 2.88. The maximum absolute atomic E-state index is 12.8. The Balaban J connectivity index is 4.83. The van der Waals surface area contributed by atoms with Gasteiger partial charge in [-0.25, -0.2) is 0 Å². The van der Waals surface area contributed by atoms with Gasteiger partial charge in [-0.1, -0.05) is 47.0 Å². The van der Waals surface area contributed by atoms with Crippen molar-refractivity contribution in [3.05, 3.63) is 0 Å². The lowest BCUT2D eigenvalue weighted by molar-refractivity contribution is -0.156. The van der Waals surface area contributed by atoms with Crippen LogP contribution in [-0.2, 0) is 23.9 Å². The minimum atomic E-state index is -0.603. The van der Waals surface area contributed by atoms with Crippen molar-refractivity contribution in [1.82, 2.24) is 5.32 Å². The number of unbranched alkanes of at least 4 members (excludes halogenated alkanes) is 2. The van der Waals surface area contributed by atoms with Gasteiger partial charge in [-0.05, 0) is 52.4 Å². The van der Waals surface area contributed by atoms with Crippen LogP contribution in [0.25, 0.3) is 0 Å². The molecule has 0 saturated carbocycles. The second-order valence-corrected chi connectivity index (χ2v) is 10.5. The molecule has 0 aromatic heterocycles. The van der Waals surface area contributed by atoms with Gasteiger partial charge in [0.25, 0.3) is 0 Å². The normalized spacial score (nSPS) is 14.0. The fourth-order valence-electron chi connectivity index (χ4n) is 2.88. The Kier molecular flexibility index (Phi) is 12.9. The number of carbonyl (C=O) groups is 3. The minimum Gasteiger partial charge on any atom is -0.466 e. The summed E-state index contributed by atoms with van der Waals surface area (Å²) >= 11 is 0. The Morgan fingerprint density at radius 3 is 2.10 bits per heavy atom. The van der Waals surface area contributed by atoms with Gasteiger partial charge in [-0.15, -0.1) is 0 Å². The van der Waals surface area contributed by atoms with Crippen LogP contribution < -0.4 is 5.32 Å². The number of nitrogens with one attached hydrogen (secondary N) is 1. The van der Waals surface area contributed by atoms with Gasteiger partial charge in [0, 0.05) is 18.4 Å². The molecule has 0 aliphatic rings. The first kappa shape index (κ1) is 28.4. The van der Waals surface area contributed by atoms with E-state index in [2.05, 4.69) is 33.0 Å². The largest absolute Gasteiger partial charge is 0.466 e. The first-order valence-electron chi connectivity index (χ1n) is 11.4. The molecule has 0 radical (unpaired) electrons. The van der Waals surface area contributed by atoms with Crippen molar-refractivity contribution in [2.75, 3.05) is 6.61 Å². The smallest absolute Gasteiger partial charge is 0.306 e. The Labute approximate surface area is 183 Å². The van der Waals surface area contributed by atoms with Gasteiger partial charge in [0.2, 0.25) is 5.91 Å². The summed E-state index contributed by atoms with van der Waals surface area (Å²) in [5.41, 5.74) is -0.504. The predicted octanol–water partition coefficient (Wildman–Crippen LogP) is 5.18. The average molecular weight is 428 g/mol. The molecule has 0 rings (SSSR count). The van der Waals surface area contributed by atoms with Crippen molar-refractivity contribution in [3.63, 3.8) is 0 Å². The molecule has 6 nitrogen and oxygen atoms in total. The highest BCUT2D eigenvalue weighted by Crippen LogP contribution is 2.20. The van der Waals surface area contributed by atoms with E-state index in [1.165, 1.54) is 0 Å². The summed E-state index contributed by atoms with van der Waals surface area (Å²) in [5, 5.41) is 3.00. The van der Waals surface area contributed by atoms with Gasteiger partial charge >= 0.3 is 11.9 Å². The van der Waals surface area contributed by atoms with E-state index >= 15 is 0 Å². The molecule has 1 amide bonds. The van der Waals surface area contributed by atoms with E-state index in [9.17, 15) is 14.4 Å². The summed E-state index contributed by atoms with van der Waals surface area (Å²) in [7, 11) is 0. The van der Waals surface area contributed by atoms with E-state index in [0.717, 1.165) is 32.1 Å². The van der Waals surface area contributed by atoms with Crippen LogP contribution in [0.5, 0.6) is 0 Å². The zero-order valence-electron chi connectivity index (χ0n) is 20.6. The lowest BCUT2D eigenvalue weighted by Crippen LogP contribution is -2.38. The summed E-state index contributed by atoms with van der Waals surface area (Å²) in [6.45, 7) is 16.1. The molecular formula is C24H45NO5. The monoisotopic (exact) mass is 427 g/mol. The summed E-state index contributed by atoms with van der Waals surface area (Å²) in [6.07, 6.45) is 5.28. The molecule has 6 heteroatoms. The lowest BCUT2D eigenvalue weighted by Gasteiger charge is -2.22. The molecule has 0 aromatic carbocycles. The van der Waals surface area contributed by atoms with E-state index in [4.69, 9.17) is 9.47 Å². The highest BCUT2D eigenvalue weighted by atomic mass is 16.6. The second kappa shape index (κ2) is 13.7. The number of carbonyl (C=O) groups excluding carboxylic acids is 3. The molecule has 0 aromatic rings. The van der Waals surface area contributed by atoms with Gasteiger partial charge in [0.05, 0.1) is 13.0 Å². The standard InChI is InChI=1S/C24H45NO5/c1-9-10-11-12-18(2)25-22(28)19(13-14-20(26)30-24(6,7)8)17-21(27)29-16-15-23(3,4)5/h18-19H,9-17H2,1-8H3,(H,25,28)/t18?,19-/m1/s1. The average Bonchev–Trinajstić information content (AvgIpc) is 2.55. The van der Waals surface area contributed by atoms with Crippen LogP contribution in [0, 0.1) is 11.3 Å². The number of amides is 1. The van der Waals surface area contributed by atoms with Gasteiger partial charge in [0.15, 0.2) is 0 Å². The molecule has 0 fully saturated rings. The number of hydrogen-bond acceptors (Lipinski definition) is 5. The van der Waals surface area contributed by atoms with Crippen molar-refractivity contribution >= 4 is 17.8 Å². The molecule has 0 saturated heterocycles. The Morgan fingerprint density at radius 1 is 0.933 bits per heavy atom. The molecule has 0 aliphatic heterocycles. The molecule has 176 valence electrons. The van der Waals surface area contributed by atoms with Crippen LogP contribution in [0.15, 0.2) is 0 Å². The molecule has 0 aliphatic carbocycles. The number of ether oxygens (including phenoxy) is 2. The van der Waals surface area contributed by atoms with Gasteiger partial charge in [0.1, 0.15) is 5.60 Å². The third-order valence-corrected chi connectivity index (χ3v) is 4.65.